The van der Waals surface area contributed by atoms with Gasteiger partial charge in [-0.25, -0.2) is 4.98 Å². The fraction of sp³-hybridized carbons (Fsp3) is 0.316. The van der Waals surface area contributed by atoms with Gasteiger partial charge in [0.2, 0.25) is 0 Å². The number of aliphatic hydroxyl groups excluding tert-OH is 1. The lowest BCUT2D eigenvalue weighted by molar-refractivity contribution is 0.165. The third-order valence-corrected chi connectivity index (χ3v) is 4.82. The maximum atomic E-state index is 10.6. The summed E-state index contributed by atoms with van der Waals surface area (Å²) in [4.78, 5) is 6.53. The Labute approximate surface area is 146 Å². The van der Waals surface area contributed by atoms with E-state index < -0.39 is 6.10 Å². The van der Waals surface area contributed by atoms with Gasteiger partial charge in [-0.3, -0.25) is 0 Å². The summed E-state index contributed by atoms with van der Waals surface area (Å²) in [6, 6.07) is 9.73. The van der Waals surface area contributed by atoms with Crippen molar-refractivity contribution < 1.29 is 14.6 Å². The van der Waals surface area contributed by atoms with Gasteiger partial charge >= 0.3 is 0 Å². The highest BCUT2D eigenvalue weighted by Gasteiger charge is 2.36. The van der Waals surface area contributed by atoms with Crippen molar-refractivity contribution in [1.82, 2.24) is 9.38 Å². The molecule has 2 atom stereocenters. The third-order valence-electron chi connectivity index (χ3n) is 4.82. The monoisotopic (exact) mass is 339 g/mol. The van der Waals surface area contributed by atoms with Gasteiger partial charge in [-0.15, -0.1) is 0 Å². The SMILES string of the molecule is COc1cccc(N2CCC(O)C2c2ccn3ccnc3c2)c1OC. The van der Waals surface area contributed by atoms with Gasteiger partial charge in [-0.1, -0.05) is 6.07 Å². The summed E-state index contributed by atoms with van der Waals surface area (Å²) in [7, 11) is 3.27. The second-order valence-corrected chi connectivity index (χ2v) is 6.16. The lowest BCUT2D eigenvalue weighted by Gasteiger charge is -2.30. The Kier molecular flexibility index (Phi) is 3.97. The molecule has 0 amide bonds. The zero-order chi connectivity index (χ0) is 17.4. The summed E-state index contributed by atoms with van der Waals surface area (Å²) in [5.74, 6) is 1.37. The van der Waals surface area contributed by atoms with Crippen LogP contribution in [0, 0.1) is 0 Å². The molecule has 130 valence electrons. The fourth-order valence-electron chi connectivity index (χ4n) is 3.65. The molecule has 2 unspecified atom stereocenters. The van der Waals surface area contributed by atoms with Crippen LogP contribution in [0.3, 0.4) is 0 Å². The molecule has 6 nitrogen and oxygen atoms in total. The van der Waals surface area contributed by atoms with Crippen molar-refractivity contribution in [3.05, 3.63) is 54.5 Å². The van der Waals surface area contributed by atoms with E-state index in [2.05, 4.69) is 9.88 Å². The second kappa shape index (κ2) is 6.29. The van der Waals surface area contributed by atoms with Crippen molar-refractivity contribution in [3.63, 3.8) is 0 Å². The first-order valence-corrected chi connectivity index (χ1v) is 8.31. The number of rotatable bonds is 4. The minimum atomic E-state index is -0.451. The largest absolute Gasteiger partial charge is 0.493 e. The second-order valence-electron chi connectivity index (χ2n) is 6.16. The zero-order valence-electron chi connectivity index (χ0n) is 14.3. The van der Waals surface area contributed by atoms with Crippen molar-refractivity contribution in [2.75, 3.05) is 25.7 Å². The molecule has 3 aromatic rings. The Bertz CT molecular complexity index is 893. The Hall–Kier alpha value is -2.73. The average molecular weight is 339 g/mol. The zero-order valence-corrected chi connectivity index (χ0v) is 14.3. The molecule has 6 heteroatoms. The van der Waals surface area contributed by atoms with E-state index in [0.717, 1.165) is 23.4 Å². The van der Waals surface area contributed by atoms with Crippen molar-refractivity contribution in [2.45, 2.75) is 18.6 Å². The number of methoxy groups -OCH3 is 2. The number of fused-ring (bicyclic) bond motifs is 1. The first-order valence-electron chi connectivity index (χ1n) is 8.31. The molecule has 2 aromatic heterocycles. The van der Waals surface area contributed by atoms with Gasteiger partial charge in [0.1, 0.15) is 5.65 Å². The summed E-state index contributed by atoms with van der Waals surface area (Å²) < 4.78 is 13.0. The fourth-order valence-corrected chi connectivity index (χ4v) is 3.65. The maximum Gasteiger partial charge on any atom is 0.184 e. The highest BCUT2D eigenvalue weighted by atomic mass is 16.5. The van der Waals surface area contributed by atoms with Gasteiger partial charge in [-0.05, 0) is 36.2 Å². The smallest absolute Gasteiger partial charge is 0.184 e. The van der Waals surface area contributed by atoms with Crippen LogP contribution >= 0.6 is 0 Å². The lowest BCUT2D eigenvalue weighted by atomic mass is 10.0. The summed E-state index contributed by atoms with van der Waals surface area (Å²) in [5.41, 5.74) is 2.83. The molecule has 1 aliphatic heterocycles. The van der Waals surface area contributed by atoms with Gasteiger partial charge < -0.3 is 23.9 Å². The molecular weight excluding hydrogens is 318 g/mol. The highest BCUT2D eigenvalue weighted by Crippen LogP contribution is 2.44. The van der Waals surface area contributed by atoms with Crippen molar-refractivity contribution in [1.29, 1.82) is 0 Å². The number of para-hydroxylation sites is 1. The first-order chi connectivity index (χ1) is 12.2. The van der Waals surface area contributed by atoms with Crippen molar-refractivity contribution >= 4 is 11.3 Å². The summed E-state index contributed by atoms with van der Waals surface area (Å²) in [6.07, 6.45) is 5.90. The normalized spacial score (nSPS) is 20.2. The van der Waals surface area contributed by atoms with Gasteiger partial charge in [0.15, 0.2) is 11.5 Å². The number of anilines is 1. The quantitative estimate of drug-likeness (QED) is 0.792. The van der Waals surface area contributed by atoms with Crippen LogP contribution < -0.4 is 14.4 Å². The average Bonchev–Trinajstić information content (AvgIpc) is 3.26. The van der Waals surface area contributed by atoms with Crippen LogP contribution in [0.1, 0.15) is 18.0 Å². The molecule has 0 aliphatic carbocycles. The number of ether oxygens (including phenoxy) is 2. The number of aromatic nitrogens is 2. The summed E-state index contributed by atoms with van der Waals surface area (Å²) in [5, 5.41) is 10.6. The third kappa shape index (κ3) is 2.59. The van der Waals surface area contributed by atoms with Gasteiger partial charge in [0.05, 0.1) is 32.1 Å². The summed E-state index contributed by atoms with van der Waals surface area (Å²) >= 11 is 0. The van der Waals surface area contributed by atoms with Crippen LogP contribution in [0.2, 0.25) is 0 Å². The van der Waals surface area contributed by atoms with E-state index in [1.54, 1.807) is 20.4 Å². The summed E-state index contributed by atoms with van der Waals surface area (Å²) in [6.45, 7) is 0.745. The van der Waals surface area contributed by atoms with Crippen LogP contribution in [0.15, 0.2) is 48.9 Å². The van der Waals surface area contributed by atoms with Crippen LogP contribution in [-0.2, 0) is 0 Å². The van der Waals surface area contributed by atoms with Gasteiger partial charge in [0.25, 0.3) is 0 Å². The Balaban J connectivity index is 1.79. The lowest BCUT2D eigenvalue weighted by Crippen LogP contribution is -2.27. The van der Waals surface area contributed by atoms with Crippen molar-refractivity contribution in [2.24, 2.45) is 0 Å². The van der Waals surface area contributed by atoms with E-state index in [9.17, 15) is 5.11 Å². The van der Waals surface area contributed by atoms with Gasteiger partial charge in [0, 0.05) is 25.1 Å². The standard InChI is InChI=1S/C19H21N3O3/c1-24-16-5-3-4-14(19(16)25-2)22-10-7-15(23)18(22)13-6-9-21-11-8-20-17(21)12-13/h3-6,8-9,11-12,15,18,23H,7,10H2,1-2H3. The van der Waals surface area contributed by atoms with Gasteiger partial charge in [-0.2, -0.15) is 0 Å². The molecule has 1 N–H and O–H groups in total. The van der Waals surface area contributed by atoms with Crippen LogP contribution in [-0.4, -0.2) is 41.4 Å². The molecular formula is C19H21N3O3. The maximum absolute atomic E-state index is 10.6. The first kappa shape index (κ1) is 15.8. The molecule has 3 heterocycles. The molecule has 0 radical (unpaired) electrons. The number of nitrogens with zero attached hydrogens (tertiary/aromatic N) is 3. The Morgan fingerprint density at radius 2 is 2.04 bits per heavy atom. The van der Waals surface area contributed by atoms with E-state index in [0.29, 0.717) is 17.9 Å². The molecule has 0 bridgehead atoms. The molecule has 1 saturated heterocycles. The minimum absolute atomic E-state index is 0.150. The number of pyridine rings is 1. The molecule has 1 fully saturated rings. The number of hydrogen-bond donors (Lipinski definition) is 1. The molecule has 0 saturated carbocycles. The van der Waals surface area contributed by atoms with E-state index in [-0.39, 0.29) is 6.04 Å². The van der Waals surface area contributed by atoms with Crippen LogP contribution in [0.5, 0.6) is 11.5 Å². The molecule has 1 aliphatic rings. The molecule has 25 heavy (non-hydrogen) atoms. The molecule has 0 spiro atoms. The number of benzene rings is 1. The van der Waals surface area contributed by atoms with E-state index in [4.69, 9.17) is 9.47 Å². The van der Waals surface area contributed by atoms with Crippen LogP contribution in [0.4, 0.5) is 5.69 Å². The predicted octanol–water partition coefficient (Wildman–Crippen LogP) is 2.66. The Morgan fingerprint density at radius 1 is 1.16 bits per heavy atom. The Morgan fingerprint density at radius 3 is 2.84 bits per heavy atom. The molecule has 4 rings (SSSR count). The number of aliphatic hydroxyl groups is 1. The topological polar surface area (TPSA) is 59.2 Å². The van der Waals surface area contributed by atoms with E-state index in [1.807, 2.05) is 47.1 Å². The number of imidazole rings is 1. The van der Waals surface area contributed by atoms with E-state index >= 15 is 0 Å². The minimum Gasteiger partial charge on any atom is -0.493 e. The predicted molar refractivity (Wildman–Crippen MR) is 95.4 cm³/mol. The van der Waals surface area contributed by atoms with Crippen LogP contribution in [0.25, 0.3) is 5.65 Å². The highest BCUT2D eigenvalue weighted by molar-refractivity contribution is 5.66. The molecule has 1 aromatic carbocycles. The number of hydrogen-bond acceptors (Lipinski definition) is 5. The van der Waals surface area contributed by atoms with Crippen molar-refractivity contribution in [3.8, 4) is 11.5 Å². The van der Waals surface area contributed by atoms with E-state index in [1.165, 1.54) is 0 Å².